The van der Waals surface area contributed by atoms with Gasteiger partial charge in [-0.25, -0.2) is 4.79 Å². The molecule has 7 nitrogen and oxygen atoms in total. The molecule has 7 heteroatoms. The van der Waals surface area contributed by atoms with E-state index in [0.717, 1.165) is 0 Å². The van der Waals surface area contributed by atoms with Crippen molar-refractivity contribution in [3.63, 3.8) is 0 Å². The molecule has 1 amide bonds. The molecule has 0 aliphatic carbocycles. The molecule has 1 aromatic carbocycles. The van der Waals surface area contributed by atoms with Gasteiger partial charge in [0.2, 0.25) is 5.76 Å². The van der Waals surface area contributed by atoms with Crippen molar-refractivity contribution in [2.45, 2.75) is 33.3 Å². The van der Waals surface area contributed by atoms with Crippen LogP contribution in [0, 0.1) is 0 Å². The van der Waals surface area contributed by atoms with Crippen LogP contribution >= 0.6 is 0 Å². The van der Waals surface area contributed by atoms with Gasteiger partial charge in [0, 0.05) is 5.56 Å². The van der Waals surface area contributed by atoms with Crippen LogP contribution in [0.25, 0.3) is 5.70 Å². The van der Waals surface area contributed by atoms with E-state index in [4.69, 9.17) is 14.2 Å². The number of rotatable bonds is 6. The fourth-order valence-corrected chi connectivity index (χ4v) is 2.53. The maximum Gasteiger partial charge on any atom is 0.338 e. The molecule has 26 heavy (non-hydrogen) atoms. The van der Waals surface area contributed by atoms with Crippen LogP contribution in [-0.2, 0) is 23.8 Å². The average molecular weight is 361 g/mol. The van der Waals surface area contributed by atoms with Crippen LogP contribution in [0.2, 0.25) is 0 Å². The molecule has 0 N–H and O–H groups in total. The number of amides is 1. The Bertz CT molecular complexity index is 760. The Morgan fingerprint density at radius 2 is 1.81 bits per heavy atom. The highest BCUT2D eigenvalue weighted by Crippen LogP contribution is 2.38. The van der Waals surface area contributed by atoms with Gasteiger partial charge >= 0.3 is 11.9 Å². The molecule has 0 aromatic heterocycles. The van der Waals surface area contributed by atoms with Gasteiger partial charge in [-0.2, -0.15) is 0 Å². The number of methoxy groups -OCH3 is 1. The molecule has 0 unspecified atom stereocenters. The molecule has 1 aliphatic rings. The van der Waals surface area contributed by atoms with Crippen molar-refractivity contribution in [3.05, 3.63) is 41.2 Å². The lowest BCUT2D eigenvalue weighted by molar-refractivity contribution is -0.149. The Morgan fingerprint density at radius 1 is 1.15 bits per heavy atom. The first kappa shape index (κ1) is 19.5. The third-order valence-electron chi connectivity index (χ3n) is 3.51. The lowest BCUT2D eigenvalue weighted by Gasteiger charge is -2.38. The molecule has 140 valence electrons. The zero-order chi connectivity index (χ0) is 19.5. The topological polar surface area (TPSA) is 82.1 Å². The number of ether oxygens (including phenoxy) is 3. The Kier molecular flexibility index (Phi) is 5.69. The highest BCUT2D eigenvalue weighted by molar-refractivity contribution is 6.15. The zero-order valence-electron chi connectivity index (χ0n) is 15.6. The van der Waals surface area contributed by atoms with Gasteiger partial charge in [-0.1, -0.05) is 18.2 Å². The maximum absolute atomic E-state index is 12.5. The van der Waals surface area contributed by atoms with E-state index in [1.165, 1.54) is 12.0 Å². The molecule has 0 radical (unpaired) electrons. The fourth-order valence-electron chi connectivity index (χ4n) is 2.53. The molecular formula is C19H23NO6. The second-order valence-corrected chi connectivity index (χ2v) is 6.63. The van der Waals surface area contributed by atoms with Crippen LogP contribution in [0.3, 0.4) is 0 Å². The van der Waals surface area contributed by atoms with Crippen molar-refractivity contribution >= 4 is 23.5 Å². The fraction of sp³-hybridized carbons (Fsp3) is 0.421. The van der Waals surface area contributed by atoms with Crippen molar-refractivity contribution in [2.75, 3.05) is 20.3 Å². The summed E-state index contributed by atoms with van der Waals surface area (Å²) in [6, 6.07) is 6.69. The minimum absolute atomic E-state index is 0.109. The maximum atomic E-state index is 12.5. The predicted octanol–water partition coefficient (Wildman–Crippen LogP) is 2.36. The van der Waals surface area contributed by atoms with Crippen molar-refractivity contribution < 1.29 is 28.6 Å². The Labute approximate surface area is 152 Å². The third kappa shape index (κ3) is 4.04. The largest absolute Gasteiger partial charge is 0.481 e. The van der Waals surface area contributed by atoms with E-state index in [1.54, 1.807) is 31.2 Å². The van der Waals surface area contributed by atoms with E-state index in [0.29, 0.717) is 11.3 Å². The normalized spacial score (nSPS) is 14.0. The standard InChI is InChI=1S/C19H23NO6/c1-6-25-14(21)11-20-15(16(17(20)22)26-19(2,3)4)12-9-7-8-10-13(12)18(23)24-5/h7-10H,6,11H2,1-5H3. The molecule has 0 spiro atoms. The summed E-state index contributed by atoms with van der Waals surface area (Å²) in [7, 11) is 1.28. The predicted molar refractivity (Wildman–Crippen MR) is 93.9 cm³/mol. The van der Waals surface area contributed by atoms with Crippen LogP contribution in [0.1, 0.15) is 43.6 Å². The highest BCUT2D eigenvalue weighted by Gasteiger charge is 2.43. The van der Waals surface area contributed by atoms with Crippen molar-refractivity contribution in [1.29, 1.82) is 0 Å². The van der Waals surface area contributed by atoms with Gasteiger partial charge in [0.1, 0.15) is 17.8 Å². The average Bonchev–Trinajstić information content (AvgIpc) is 2.59. The van der Waals surface area contributed by atoms with Crippen LogP contribution in [-0.4, -0.2) is 48.6 Å². The van der Waals surface area contributed by atoms with Crippen LogP contribution in [0.4, 0.5) is 0 Å². The first-order chi connectivity index (χ1) is 12.2. The van der Waals surface area contributed by atoms with Gasteiger partial charge in [0.25, 0.3) is 5.91 Å². The summed E-state index contributed by atoms with van der Waals surface area (Å²) in [4.78, 5) is 37.8. The minimum Gasteiger partial charge on any atom is -0.481 e. The molecule has 0 saturated carbocycles. The number of nitrogens with zero attached hydrogens (tertiary/aromatic N) is 1. The molecule has 0 atom stereocenters. The molecule has 0 saturated heterocycles. The van der Waals surface area contributed by atoms with Gasteiger partial charge < -0.3 is 14.2 Å². The van der Waals surface area contributed by atoms with E-state index in [9.17, 15) is 14.4 Å². The summed E-state index contributed by atoms with van der Waals surface area (Å²) >= 11 is 0. The molecule has 0 bridgehead atoms. The van der Waals surface area contributed by atoms with Gasteiger partial charge in [-0.3, -0.25) is 14.5 Å². The molecular weight excluding hydrogens is 338 g/mol. The second kappa shape index (κ2) is 7.59. The molecule has 0 fully saturated rings. The molecule has 1 heterocycles. The Hall–Kier alpha value is -2.83. The van der Waals surface area contributed by atoms with E-state index >= 15 is 0 Å². The minimum atomic E-state index is -0.619. The summed E-state index contributed by atoms with van der Waals surface area (Å²) in [5, 5.41) is 0. The summed E-state index contributed by atoms with van der Waals surface area (Å²) in [5.41, 5.74) is 0.495. The second-order valence-electron chi connectivity index (χ2n) is 6.63. The molecule has 1 aromatic rings. The van der Waals surface area contributed by atoms with Gasteiger partial charge in [0.15, 0.2) is 0 Å². The van der Waals surface area contributed by atoms with Gasteiger partial charge in [-0.15, -0.1) is 0 Å². The van der Waals surface area contributed by atoms with E-state index in [-0.39, 0.29) is 24.5 Å². The number of carbonyl (C=O) groups excluding carboxylic acids is 3. The van der Waals surface area contributed by atoms with Crippen LogP contribution < -0.4 is 0 Å². The quantitative estimate of drug-likeness (QED) is 0.724. The smallest absolute Gasteiger partial charge is 0.338 e. The van der Waals surface area contributed by atoms with Crippen molar-refractivity contribution in [3.8, 4) is 0 Å². The number of hydrogen-bond donors (Lipinski definition) is 0. The van der Waals surface area contributed by atoms with E-state index < -0.39 is 23.4 Å². The Morgan fingerprint density at radius 3 is 2.38 bits per heavy atom. The van der Waals surface area contributed by atoms with E-state index in [1.807, 2.05) is 20.8 Å². The lowest BCUT2D eigenvalue weighted by atomic mass is 9.97. The Balaban J connectivity index is 2.51. The van der Waals surface area contributed by atoms with Gasteiger partial charge in [-0.05, 0) is 33.8 Å². The SMILES string of the molecule is CCOC(=O)CN1C(=O)C(OC(C)(C)C)=C1c1ccccc1C(=O)OC. The number of esters is 2. The number of benzene rings is 1. The van der Waals surface area contributed by atoms with Crippen molar-refractivity contribution in [1.82, 2.24) is 4.90 Å². The van der Waals surface area contributed by atoms with Crippen LogP contribution in [0.15, 0.2) is 30.0 Å². The summed E-state index contributed by atoms with van der Waals surface area (Å²) in [5.74, 6) is -1.40. The number of carbonyl (C=O) groups is 3. The highest BCUT2D eigenvalue weighted by atomic mass is 16.5. The lowest BCUT2D eigenvalue weighted by Crippen LogP contribution is -2.47. The molecule has 2 rings (SSSR count). The summed E-state index contributed by atoms with van der Waals surface area (Å²) in [6.07, 6.45) is 0. The summed E-state index contributed by atoms with van der Waals surface area (Å²) < 4.78 is 15.5. The van der Waals surface area contributed by atoms with Crippen LogP contribution in [0.5, 0.6) is 0 Å². The summed E-state index contributed by atoms with van der Waals surface area (Å²) in [6.45, 7) is 7.08. The third-order valence-corrected chi connectivity index (χ3v) is 3.51. The number of hydrogen-bond acceptors (Lipinski definition) is 6. The van der Waals surface area contributed by atoms with E-state index in [2.05, 4.69) is 0 Å². The molecule has 1 aliphatic heterocycles. The van der Waals surface area contributed by atoms with Crippen molar-refractivity contribution in [2.24, 2.45) is 0 Å². The first-order valence-electron chi connectivity index (χ1n) is 8.28. The zero-order valence-corrected chi connectivity index (χ0v) is 15.6. The monoisotopic (exact) mass is 361 g/mol. The van der Waals surface area contributed by atoms with Gasteiger partial charge in [0.05, 0.1) is 19.3 Å². The first-order valence-corrected chi connectivity index (χ1v) is 8.28.